The van der Waals surface area contributed by atoms with E-state index in [1.807, 2.05) is 0 Å². The number of morpholine rings is 1. The van der Waals surface area contributed by atoms with Crippen LogP contribution in [0.5, 0.6) is 0 Å². The van der Waals surface area contributed by atoms with Crippen LogP contribution in [0.2, 0.25) is 0 Å². The van der Waals surface area contributed by atoms with Crippen molar-refractivity contribution < 1.29 is 4.74 Å². The number of benzene rings is 2. The molecule has 2 aliphatic heterocycles. The van der Waals surface area contributed by atoms with Gasteiger partial charge >= 0.3 is 0 Å². The lowest BCUT2D eigenvalue weighted by atomic mass is 10.0. The lowest BCUT2D eigenvalue weighted by molar-refractivity contribution is -0.0183. The molecule has 3 heteroatoms. The van der Waals surface area contributed by atoms with E-state index in [1.165, 1.54) is 28.9 Å². The third-order valence-corrected chi connectivity index (χ3v) is 5.97. The van der Waals surface area contributed by atoms with Crippen LogP contribution in [-0.4, -0.2) is 43.8 Å². The highest BCUT2D eigenvalue weighted by atomic mass is 16.5. The topological polar surface area (TPSA) is 15.7 Å². The van der Waals surface area contributed by atoms with Gasteiger partial charge < -0.3 is 9.64 Å². The van der Waals surface area contributed by atoms with Crippen LogP contribution in [0.1, 0.15) is 29.4 Å². The summed E-state index contributed by atoms with van der Waals surface area (Å²) in [6.45, 7) is 4.16. The lowest BCUT2D eigenvalue weighted by Crippen LogP contribution is -2.47. The van der Waals surface area contributed by atoms with Crippen molar-refractivity contribution in [3.05, 3.63) is 59.7 Å². The fraction of sp³-hybridized carbons (Fsp3) is 0.391. The fourth-order valence-electron chi connectivity index (χ4n) is 4.67. The molecule has 3 atom stereocenters. The summed E-state index contributed by atoms with van der Waals surface area (Å²) in [5.41, 5.74) is 5.68. The zero-order chi connectivity index (χ0) is 17.5. The molecule has 1 saturated heterocycles. The Labute approximate surface area is 155 Å². The van der Waals surface area contributed by atoms with Crippen LogP contribution < -0.4 is 4.90 Å². The maximum atomic E-state index is 6.11. The molecule has 2 aromatic rings. The molecule has 26 heavy (non-hydrogen) atoms. The zero-order valence-corrected chi connectivity index (χ0v) is 15.0. The van der Waals surface area contributed by atoms with Gasteiger partial charge in [-0.1, -0.05) is 42.3 Å². The van der Waals surface area contributed by atoms with E-state index in [-0.39, 0.29) is 6.10 Å². The first kappa shape index (κ1) is 15.9. The maximum Gasteiger partial charge on any atom is 0.0881 e. The van der Waals surface area contributed by atoms with Crippen molar-refractivity contribution in [1.29, 1.82) is 0 Å². The van der Waals surface area contributed by atoms with Crippen molar-refractivity contribution in [3.8, 4) is 12.3 Å². The van der Waals surface area contributed by atoms with E-state index in [0.717, 1.165) is 26.2 Å². The van der Waals surface area contributed by atoms with E-state index in [0.29, 0.717) is 18.4 Å². The van der Waals surface area contributed by atoms with E-state index < -0.39 is 0 Å². The molecule has 3 unspecified atom stereocenters. The van der Waals surface area contributed by atoms with Crippen LogP contribution in [-0.2, 0) is 4.74 Å². The highest BCUT2D eigenvalue weighted by molar-refractivity contribution is 5.75. The normalized spacial score (nSPS) is 26.9. The highest BCUT2D eigenvalue weighted by Crippen LogP contribution is 2.61. The summed E-state index contributed by atoms with van der Waals surface area (Å²) in [5.74, 6) is 4.11. The summed E-state index contributed by atoms with van der Waals surface area (Å²) in [4.78, 5) is 4.81. The molecule has 2 aromatic carbocycles. The summed E-state index contributed by atoms with van der Waals surface area (Å²) in [6.07, 6.45) is 6.96. The van der Waals surface area contributed by atoms with Gasteiger partial charge in [0.15, 0.2) is 0 Å². The Morgan fingerprint density at radius 1 is 1.00 bits per heavy atom. The van der Waals surface area contributed by atoms with E-state index in [9.17, 15) is 0 Å². The van der Waals surface area contributed by atoms with Crippen molar-refractivity contribution in [1.82, 2.24) is 4.90 Å². The Morgan fingerprint density at radius 2 is 1.65 bits per heavy atom. The molecule has 1 saturated carbocycles. The second-order valence-corrected chi connectivity index (χ2v) is 7.61. The molecule has 1 aliphatic carbocycles. The molecular formula is C23H24N2O. The van der Waals surface area contributed by atoms with Crippen molar-refractivity contribution in [3.63, 3.8) is 0 Å². The molecular weight excluding hydrogens is 320 g/mol. The minimum atomic E-state index is 0.174. The largest absolute Gasteiger partial charge is 0.374 e. The molecule has 2 fully saturated rings. The zero-order valence-electron chi connectivity index (χ0n) is 15.0. The summed E-state index contributed by atoms with van der Waals surface area (Å²) in [7, 11) is 0. The average molecular weight is 344 g/mol. The van der Waals surface area contributed by atoms with Crippen molar-refractivity contribution in [2.45, 2.75) is 24.4 Å². The Hall–Kier alpha value is -2.28. The van der Waals surface area contributed by atoms with Gasteiger partial charge in [-0.15, -0.1) is 6.42 Å². The predicted octanol–water partition coefficient (Wildman–Crippen LogP) is 3.74. The van der Waals surface area contributed by atoms with Crippen LogP contribution in [0.15, 0.2) is 48.5 Å². The first-order valence-corrected chi connectivity index (χ1v) is 9.58. The number of nitrogens with zero attached hydrogens (tertiary/aromatic N) is 2. The van der Waals surface area contributed by atoms with Crippen LogP contribution in [0.25, 0.3) is 0 Å². The van der Waals surface area contributed by atoms with Gasteiger partial charge in [0.05, 0.1) is 25.8 Å². The smallest absolute Gasteiger partial charge is 0.0881 e. The maximum absolute atomic E-state index is 6.11. The Balaban J connectivity index is 1.50. The van der Waals surface area contributed by atoms with Crippen LogP contribution in [0, 0.1) is 12.3 Å². The van der Waals surface area contributed by atoms with Gasteiger partial charge in [0.2, 0.25) is 0 Å². The number of para-hydroxylation sites is 2. The SMILES string of the molecule is C#CCN1CCOC(CN2c3ccccc3C3CC3c3ccccc32)C1. The number of fused-ring (bicyclic) bond motifs is 5. The molecule has 0 bridgehead atoms. The molecule has 3 nitrogen and oxygen atoms in total. The van der Waals surface area contributed by atoms with E-state index in [4.69, 9.17) is 11.2 Å². The summed E-state index contributed by atoms with van der Waals surface area (Å²) >= 11 is 0. The summed E-state index contributed by atoms with van der Waals surface area (Å²) in [5, 5.41) is 0. The minimum absolute atomic E-state index is 0.174. The Morgan fingerprint density at radius 3 is 2.31 bits per heavy atom. The van der Waals surface area contributed by atoms with Gasteiger partial charge in [0.25, 0.3) is 0 Å². The highest BCUT2D eigenvalue weighted by Gasteiger charge is 2.45. The number of rotatable bonds is 3. The standard InChI is InChI=1S/C23H24N2O/c1-2-11-24-12-13-26-17(15-24)16-25-22-9-5-3-7-18(22)20-14-21(20)19-8-4-6-10-23(19)25/h1,3-10,17,20-21H,11-16H2. The fourth-order valence-corrected chi connectivity index (χ4v) is 4.67. The van der Waals surface area contributed by atoms with E-state index in [2.05, 4.69) is 64.3 Å². The number of terminal acetylenes is 1. The monoisotopic (exact) mass is 344 g/mol. The van der Waals surface area contributed by atoms with Crippen LogP contribution >= 0.6 is 0 Å². The molecule has 0 radical (unpaired) electrons. The van der Waals surface area contributed by atoms with Crippen molar-refractivity contribution >= 4 is 11.4 Å². The number of hydrogen-bond acceptors (Lipinski definition) is 3. The van der Waals surface area contributed by atoms with Gasteiger partial charge in [-0.3, -0.25) is 4.90 Å². The second-order valence-electron chi connectivity index (χ2n) is 7.61. The van der Waals surface area contributed by atoms with Gasteiger partial charge in [-0.05, 0) is 41.5 Å². The Bertz CT molecular complexity index is 804. The molecule has 2 heterocycles. The quantitative estimate of drug-likeness (QED) is 0.789. The van der Waals surface area contributed by atoms with Crippen LogP contribution in [0.3, 0.4) is 0 Å². The summed E-state index contributed by atoms with van der Waals surface area (Å²) in [6, 6.07) is 17.8. The molecule has 0 amide bonds. The Kier molecular flexibility index (Phi) is 3.96. The minimum Gasteiger partial charge on any atom is -0.374 e. The van der Waals surface area contributed by atoms with Crippen molar-refractivity contribution in [2.75, 3.05) is 37.7 Å². The van der Waals surface area contributed by atoms with Crippen LogP contribution in [0.4, 0.5) is 11.4 Å². The van der Waals surface area contributed by atoms with Gasteiger partial charge in [0, 0.05) is 24.5 Å². The number of hydrogen-bond donors (Lipinski definition) is 0. The van der Waals surface area contributed by atoms with Gasteiger partial charge in [-0.25, -0.2) is 0 Å². The number of anilines is 2. The molecule has 0 spiro atoms. The summed E-state index contributed by atoms with van der Waals surface area (Å²) < 4.78 is 6.11. The molecule has 3 aliphatic rings. The third-order valence-electron chi connectivity index (χ3n) is 5.97. The van der Waals surface area contributed by atoms with E-state index >= 15 is 0 Å². The molecule has 0 N–H and O–H groups in total. The number of ether oxygens (including phenoxy) is 1. The third kappa shape index (κ3) is 2.70. The molecule has 132 valence electrons. The predicted molar refractivity (Wildman–Crippen MR) is 105 cm³/mol. The first-order valence-electron chi connectivity index (χ1n) is 9.58. The van der Waals surface area contributed by atoms with Gasteiger partial charge in [0.1, 0.15) is 0 Å². The van der Waals surface area contributed by atoms with Crippen molar-refractivity contribution in [2.24, 2.45) is 0 Å². The first-order chi connectivity index (χ1) is 12.8. The molecule has 5 rings (SSSR count). The lowest BCUT2D eigenvalue weighted by Gasteiger charge is -2.36. The average Bonchev–Trinajstić information content (AvgIpc) is 3.48. The molecule has 0 aromatic heterocycles. The second kappa shape index (κ2) is 6.46. The van der Waals surface area contributed by atoms with E-state index in [1.54, 1.807) is 0 Å². The van der Waals surface area contributed by atoms with Gasteiger partial charge in [-0.2, -0.15) is 0 Å².